The smallest absolute Gasteiger partial charge is 0.120 e. The lowest BCUT2D eigenvalue weighted by atomic mass is 10.3. The molecule has 16 heavy (non-hydrogen) atoms. The van der Waals surface area contributed by atoms with Crippen molar-refractivity contribution in [1.82, 2.24) is 4.98 Å². The molecule has 2 rings (SSSR count). The molecular formula is C12H12ClNOS. The molecule has 1 aromatic heterocycles. The second kappa shape index (κ2) is 5.32. The van der Waals surface area contributed by atoms with Gasteiger partial charge in [0.15, 0.2) is 0 Å². The topological polar surface area (TPSA) is 22.1 Å². The Morgan fingerprint density at radius 1 is 1.50 bits per heavy atom. The van der Waals surface area contributed by atoms with Crippen molar-refractivity contribution in [2.24, 2.45) is 0 Å². The predicted octanol–water partition coefficient (Wildman–Crippen LogP) is 3.95. The number of nitrogens with zero attached hydrogens (tertiary/aromatic N) is 1. The van der Waals surface area contributed by atoms with Gasteiger partial charge in [0.25, 0.3) is 0 Å². The van der Waals surface area contributed by atoms with Gasteiger partial charge in [-0.2, -0.15) is 0 Å². The van der Waals surface area contributed by atoms with Crippen LogP contribution in [0.1, 0.15) is 11.4 Å². The molecule has 0 bridgehead atoms. The van der Waals surface area contributed by atoms with Crippen LogP contribution >= 0.6 is 22.9 Å². The third-order valence-electron chi connectivity index (χ3n) is 2.15. The standard InChI is InChI=1S/C12H12ClNOS/c1-15-9-5-6-10-11(8-9)16-12(14-10)4-2-3-7-13/h2,4-6,8H,3,7H2,1H3. The van der Waals surface area contributed by atoms with Gasteiger partial charge in [0.2, 0.25) is 0 Å². The molecule has 0 fully saturated rings. The van der Waals surface area contributed by atoms with Crippen LogP contribution in [0.15, 0.2) is 24.3 Å². The summed E-state index contributed by atoms with van der Waals surface area (Å²) in [6, 6.07) is 5.91. The first kappa shape index (κ1) is 11.4. The molecule has 0 atom stereocenters. The van der Waals surface area contributed by atoms with Gasteiger partial charge in [-0.1, -0.05) is 6.08 Å². The zero-order chi connectivity index (χ0) is 11.4. The molecule has 1 heterocycles. The van der Waals surface area contributed by atoms with E-state index in [0.29, 0.717) is 5.88 Å². The summed E-state index contributed by atoms with van der Waals surface area (Å²) in [7, 11) is 1.67. The number of hydrogen-bond acceptors (Lipinski definition) is 3. The fourth-order valence-corrected chi connectivity index (χ4v) is 2.42. The predicted molar refractivity (Wildman–Crippen MR) is 70.5 cm³/mol. The van der Waals surface area contributed by atoms with Crippen LogP contribution in [0.3, 0.4) is 0 Å². The third-order valence-corrected chi connectivity index (χ3v) is 3.35. The van der Waals surface area contributed by atoms with Crippen molar-refractivity contribution in [3.63, 3.8) is 0 Å². The zero-order valence-electron chi connectivity index (χ0n) is 8.94. The SMILES string of the molecule is COc1ccc2nc(C=CCCCl)sc2c1. The number of aromatic nitrogens is 1. The van der Waals surface area contributed by atoms with Crippen LogP contribution in [0, 0.1) is 0 Å². The maximum absolute atomic E-state index is 5.60. The van der Waals surface area contributed by atoms with Gasteiger partial charge in [-0.25, -0.2) is 4.98 Å². The first-order valence-corrected chi connectivity index (χ1v) is 6.35. The lowest BCUT2D eigenvalue weighted by molar-refractivity contribution is 0.415. The Morgan fingerprint density at radius 3 is 3.12 bits per heavy atom. The molecule has 0 spiro atoms. The maximum Gasteiger partial charge on any atom is 0.120 e. The van der Waals surface area contributed by atoms with Crippen molar-refractivity contribution in [3.8, 4) is 5.75 Å². The van der Waals surface area contributed by atoms with E-state index in [4.69, 9.17) is 16.3 Å². The van der Waals surface area contributed by atoms with E-state index >= 15 is 0 Å². The second-order valence-electron chi connectivity index (χ2n) is 3.27. The van der Waals surface area contributed by atoms with E-state index in [-0.39, 0.29) is 0 Å². The van der Waals surface area contributed by atoms with E-state index in [2.05, 4.69) is 4.98 Å². The first-order valence-electron chi connectivity index (χ1n) is 5.00. The average molecular weight is 254 g/mol. The summed E-state index contributed by atoms with van der Waals surface area (Å²) < 4.78 is 6.32. The van der Waals surface area contributed by atoms with E-state index in [1.807, 2.05) is 30.4 Å². The Hall–Kier alpha value is -1.06. The molecule has 2 nitrogen and oxygen atoms in total. The van der Waals surface area contributed by atoms with Crippen molar-refractivity contribution in [2.75, 3.05) is 13.0 Å². The highest BCUT2D eigenvalue weighted by Crippen LogP contribution is 2.26. The van der Waals surface area contributed by atoms with Gasteiger partial charge >= 0.3 is 0 Å². The lowest BCUT2D eigenvalue weighted by Crippen LogP contribution is -1.80. The Labute approximate surface area is 104 Å². The van der Waals surface area contributed by atoms with Crippen LogP contribution < -0.4 is 4.74 Å². The van der Waals surface area contributed by atoms with Crippen LogP contribution in [0.4, 0.5) is 0 Å². The van der Waals surface area contributed by atoms with Crippen LogP contribution in [0.25, 0.3) is 16.3 Å². The molecule has 0 saturated carbocycles. The molecule has 0 aliphatic rings. The molecule has 0 radical (unpaired) electrons. The number of thiazole rings is 1. The normalized spacial score (nSPS) is 11.4. The third kappa shape index (κ3) is 2.54. The molecule has 0 unspecified atom stereocenters. The summed E-state index contributed by atoms with van der Waals surface area (Å²) in [5, 5.41) is 1.01. The monoisotopic (exact) mass is 253 g/mol. The molecule has 0 aliphatic carbocycles. The molecule has 84 valence electrons. The number of benzene rings is 1. The lowest BCUT2D eigenvalue weighted by Gasteiger charge is -1.96. The summed E-state index contributed by atoms with van der Waals surface area (Å²) in [6.45, 7) is 0. The number of hydrogen-bond donors (Lipinski definition) is 0. The summed E-state index contributed by atoms with van der Waals surface area (Å²) in [4.78, 5) is 4.49. The van der Waals surface area contributed by atoms with Crippen molar-refractivity contribution in [2.45, 2.75) is 6.42 Å². The van der Waals surface area contributed by atoms with Crippen LogP contribution in [0.5, 0.6) is 5.75 Å². The molecular weight excluding hydrogens is 242 g/mol. The average Bonchev–Trinajstić information content (AvgIpc) is 2.70. The molecule has 1 aromatic carbocycles. The highest BCUT2D eigenvalue weighted by molar-refractivity contribution is 7.19. The summed E-state index contributed by atoms with van der Waals surface area (Å²) in [5.41, 5.74) is 1.01. The minimum atomic E-state index is 0.648. The minimum Gasteiger partial charge on any atom is -0.497 e. The summed E-state index contributed by atoms with van der Waals surface area (Å²) in [6.07, 6.45) is 4.93. The number of methoxy groups -OCH3 is 1. The van der Waals surface area contributed by atoms with Gasteiger partial charge in [0, 0.05) is 5.88 Å². The van der Waals surface area contributed by atoms with Crippen molar-refractivity contribution in [3.05, 3.63) is 29.3 Å². The minimum absolute atomic E-state index is 0.648. The Bertz CT molecular complexity index is 507. The van der Waals surface area contributed by atoms with Crippen LogP contribution in [-0.4, -0.2) is 18.0 Å². The fraction of sp³-hybridized carbons (Fsp3) is 0.250. The Kier molecular flexibility index (Phi) is 3.80. The quantitative estimate of drug-likeness (QED) is 0.770. The number of allylic oxidation sites excluding steroid dienone is 1. The van der Waals surface area contributed by atoms with Crippen molar-refractivity contribution < 1.29 is 4.74 Å². The first-order chi connectivity index (χ1) is 7.83. The zero-order valence-corrected chi connectivity index (χ0v) is 10.5. The van der Waals surface area contributed by atoms with E-state index < -0.39 is 0 Å². The highest BCUT2D eigenvalue weighted by atomic mass is 35.5. The van der Waals surface area contributed by atoms with Crippen LogP contribution in [-0.2, 0) is 0 Å². The van der Waals surface area contributed by atoms with Gasteiger partial charge in [0.05, 0.1) is 17.3 Å². The van der Waals surface area contributed by atoms with E-state index in [0.717, 1.165) is 27.4 Å². The number of alkyl halides is 1. The molecule has 0 N–H and O–H groups in total. The van der Waals surface area contributed by atoms with Gasteiger partial charge in [-0.05, 0) is 30.7 Å². The second-order valence-corrected chi connectivity index (χ2v) is 4.71. The number of rotatable bonds is 4. The number of ether oxygens (including phenoxy) is 1. The van der Waals surface area contributed by atoms with Gasteiger partial charge < -0.3 is 4.74 Å². The van der Waals surface area contributed by atoms with Crippen LogP contribution in [0.2, 0.25) is 0 Å². The molecule has 4 heteroatoms. The largest absolute Gasteiger partial charge is 0.497 e. The number of halogens is 1. The molecule has 2 aromatic rings. The highest BCUT2D eigenvalue weighted by Gasteiger charge is 2.02. The van der Waals surface area contributed by atoms with E-state index in [1.54, 1.807) is 18.4 Å². The van der Waals surface area contributed by atoms with Crippen molar-refractivity contribution in [1.29, 1.82) is 0 Å². The molecule has 0 amide bonds. The molecule has 0 saturated heterocycles. The summed E-state index contributed by atoms with van der Waals surface area (Å²) >= 11 is 7.26. The van der Waals surface area contributed by atoms with Gasteiger partial charge in [-0.3, -0.25) is 0 Å². The Balaban J connectivity index is 2.29. The number of fused-ring (bicyclic) bond motifs is 1. The van der Waals surface area contributed by atoms with Gasteiger partial charge in [0.1, 0.15) is 10.8 Å². The van der Waals surface area contributed by atoms with Gasteiger partial charge in [-0.15, -0.1) is 22.9 Å². The van der Waals surface area contributed by atoms with E-state index in [1.165, 1.54) is 0 Å². The van der Waals surface area contributed by atoms with Crippen molar-refractivity contribution >= 4 is 39.2 Å². The molecule has 0 aliphatic heterocycles. The Morgan fingerprint density at radius 2 is 2.38 bits per heavy atom. The summed E-state index contributed by atoms with van der Waals surface area (Å²) in [5.74, 6) is 1.52. The fourth-order valence-electron chi connectivity index (χ4n) is 1.37. The van der Waals surface area contributed by atoms with E-state index in [9.17, 15) is 0 Å². The maximum atomic E-state index is 5.60.